The Morgan fingerprint density at radius 2 is 1.90 bits per heavy atom. The van der Waals surface area contributed by atoms with E-state index in [9.17, 15) is 5.11 Å². The summed E-state index contributed by atoms with van der Waals surface area (Å²) in [6, 6.07) is 3.69. The lowest BCUT2D eigenvalue weighted by molar-refractivity contribution is 0.214. The molecule has 2 atom stereocenters. The molecule has 0 aliphatic carbocycles. The van der Waals surface area contributed by atoms with Gasteiger partial charge in [-0.25, -0.2) is 0 Å². The quantitative estimate of drug-likeness (QED) is 0.775. The van der Waals surface area contributed by atoms with Crippen LogP contribution in [0.25, 0.3) is 0 Å². The first-order valence-corrected chi connectivity index (χ1v) is 7.21. The number of aliphatic hydroxyl groups is 1. The molecule has 2 unspecified atom stereocenters. The average Bonchev–Trinajstić information content (AvgIpc) is 2.48. The van der Waals surface area contributed by atoms with E-state index in [0.29, 0.717) is 17.3 Å². The molecule has 20 heavy (non-hydrogen) atoms. The van der Waals surface area contributed by atoms with Crippen LogP contribution in [0.1, 0.15) is 31.2 Å². The topological polar surface area (TPSA) is 64.7 Å². The average molecular weight is 302 g/mol. The fourth-order valence-electron chi connectivity index (χ4n) is 2.36. The van der Waals surface area contributed by atoms with E-state index in [1.807, 2.05) is 6.07 Å². The van der Waals surface area contributed by atoms with E-state index in [-0.39, 0.29) is 18.4 Å². The van der Waals surface area contributed by atoms with Gasteiger partial charge in [-0.05, 0) is 42.9 Å². The highest BCUT2D eigenvalue weighted by Crippen LogP contribution is 2.39. The summed E-state index contributed by atoms with van der Waals surface area (Å²) in [5.74, 6) is 1.69. The predicted octanol–water partition coefficient (Wildman–Crippen LogP) is 2.81. The van der Waals surface area contributed by atoms with Crippen molar-refractivity contribution < 1.29 is 14.6 Å². The van der Waals surface area contributed by atoms with Gasteiger partial charge < -0.3 is 20.3 Å². The maximum absolute atomic E-state index is 9.32. The first kappa shape index (κ1) is 17.1. The Morgan fingerprint density at radius 1 is 1.25 bits per heavy atom. The summed E-state index contributed by atoms with van der Waals surface area (Å²) in [7, 11) is 3.21. The van der Waals surface area contributed by atoms with Crippen molar-refractivity contribution in [2.45, 2.75) is 25.7 Å². The van der Waals surface area contributed by atoms with Gasteiger partial charge in [-0.15, -0.1) is 0 Å². The Hall–Kier alpha value is -0.970. The van der Waals surface area contributed by atoms with Crippen molar-refractivity contribution in [2.24, 2.45) is 11.7 Å². The Labute approximate surface area is 125 Å². The van der Waals surface area contributed by atoms with Crippen molar-refractivity contribution in [1.82, 2.24) is 0 Å². The second kappa shape index (κ2) is 8.35. The molecule has 0 heterocycles. The highest BCUT2D eigenvalue weighted by atomic mass is 35.5. The number of hydrogen-bond donors (Lipinski definition) is 2. The highest BCUT2D eigenvalue weighted by molar-refractivity contribution is 6.32. The van der Waals surface area contributed by atoms with Gasteiger partial charge >= 0.3 is 0 Å². The van der Waals surface area contributed by atoms with Crippen LogP contribution in [-0.2, 0) is 0 Å². The van der Waals surface area contributed by atoms with Crippen LogP contribution in [0.15, 0.2) is 12.1 Å². The summed E-state index contributed by atoms with van der Waals surface area (Å²) in [5, 5.41) is 9.89. The first-order valence-electron chi connectivity index (χ1n) is 6.83. The molecule has 1 aromatic rings. The van der Waals surface area contributed by atoms with Crippen LogP contribution < -0.4 is 15.2 Å². The number of methoxy groups -OCH3 is 2. The zero-order valence-electron chi connectivity index (χ0n) is 12.4. The molecule has 1 rings (SSSR count). The molecule has 4 nitrogen and oxygen atoms in total. The third kappa shape index (κ3) is 4.01. The van der Waals surface area contributed by atoms with Crippen LogP contribution in [0.5, 0.6) is 11.5 Å². The fourth-order valence-corrected chi connectivity index (χ4v) is 2.61. The summed E-state index contributed by atoms with van der Waals surface area (Å²) >= 11 is 6.21. The van der Waals surface area contributed by atoms with Crippen LogP contribution in [0, 0.1) is 5.92 Å². The van der Waals surface area contributed by atoms with Gasteiger partial charge in [0.1, 0.15) is 11.5 Å². The molecule has 114 valence electrons. The van der Waals surface area contributed by atoms with Crippen molar-refractivity contribution in [1.29, 1.82) is 0 Å². The molecule has 1 aromatic carbocycles. The van der Waals surface area contributed by atoms with Crippen LogP contribution >= 0.6 is 11.6 Å². The summed E-state index contributed by atoms with van der Waals surface area (Å²) in [6.45, 7) is 2.67. The number of nitrogens with two attached hydrogens (primary N) is 1. The molecular weight excluding hydrogens is 278 g/mol. The van der Waals surface area contributed by atoms with Crippen molar-refractivity contribution in [3.05, 3.63) is 22.7 Å². The van der Waals surface area contributed by atoms with Gasteiger partial charge in [0.05, 0.1) is 19.2 Å². The molecule has 0 aromatic heterocycles. The highest BCUT2D eigenvalue weighted by Gasteiger charge is 2.20. The zero-order chi connectivity index (χ0) is 15.1. The number of ether oxygens (including phenoxy) is 2. The van der Waals surface area contributed by atoms with E-state index < -0.39 is 0 Å². The smallest absolute Gasteiger partial charge is 0.141 e. The van der Waals surface area contributed by atoms with Crippen LogP contribution in [0.3, 0.4) is 0 Å². The Bertz CT molecular complexity index is 422. The molecule has 0 amide bonds. The molecule has 0 bridgehead atoms. The molecule has 0 spiro atoms. The van der Waals surface area contributed by atoms with Gasteiger partial charge in [0, 0.05) is 12.7 Å². The molecule has 0 aliphatic heterocycles. The van der Waals surface area contributed by atoms with Crippen LogP contribution in [-0.4, -0.2) is 32.5 Å². The Balaban J connectivity index is 3.10. The third-order valence-corrected chi connectivity index (χ3v) is 3.94. The largest absolute Gasteiger partial charge is 0.496 e. The van der Waals surface area contributed by atoms with Crippen LogP contribution in [0.2, 0.25) is 5.02 Å². The maximum atomic E-state index is 9.32. The molecule has 0 radical (unpaired) electrons. The second-order valence-corrected chi connectivity index (χ2v) is 5.26. The minimum absolute atomic E-state index is 0.0885. The van der Waals surface area contributed by atoms with Gasteiger partial charge in [0.25, 0.3) is 0 Å². The van der Waals surface area contributed by atoms with Crippen molar-refractivity contribution >= 4 is 11.6 Å². The summed E-state index contributed by atoms with van der Waals surface area (Å²) in [4.78, 5) is 0. The van der Waals surface area contributed by atoms with E-state index >= 15 is 0 Å². The third-order valence-electron chi connectivity index (χ3n) is 3.65. The minimum atomic E-state index is 0.0885. The lowest BCUT2D eigenvalue weighted by Gasteiger charge is -2.23. The summed E-state index contributed by atoms with van der Waals surface area (Å²) in [5.41, 5.74) is 6.71. The molecule has 3 N–H and O–H groups in total. The summed E-state index contributed by atoms with van der Waals surface area (Å²) in [6.07, 6.45) is 1.73. The van der Waals surface area contributed by atoms with Gasteiger partial charge in [-0.2, -0.15) is 0 Å². The number of halogens is 1. The molecule has 0 saturated carbocycles. The van der Waals surface area contributed by atoms with Gasteiger partial charge in [0.15, 0.2) is 0 Å². The molecular formula is C15H24ClNO3. The lowest BCUT2D eigenvalue weighted by atomic mass is 9.86. The monoisotopic (exact) mass is 301 g/mol. The lowest BCUT2D eigenvalue weighted by Crippen LogP contribution is -2.21. The standard InChI is InChI=1S/C15H24ClNO3/c1-4-11(5-10(8-17)9-18)12-6-13(16)15(20-3)7-14(12)19-2/h6-7,10-11,18H,4-5,8-9,17H2,1-3H3. The summed E-state index contributed by atoms with van der Waals surface area (Å²) < 4.78 is 10.6. The maximum Gasteiger partial charge on any atom is 0.141 e. The van der Waals surface area contributed by atoms with Gasteiger partial charge in [-0.3, -0.25) is 0 Å². The number of hydrogen-bond acceptors (Lipinski definition) is 4. The number of aliphatic hydroxyl groups excluding tert-OH is 1. The molecule has 0 aliphatic rings. The first-order chi connectivity index (χ1) is 9.60. The van der Waals surface area contributed by atoms with Crippen LogP contribution in [0.4, 0.5) is 0 Å². The van der Waals surface area contributed by atoms with Crippen molar-refractivity contribution in [2.75, 3.05) is 27.4 Å². The fraction of sp³-hybridized carbons (Fsp3) is 0.600. The van der Waals surface area contributed by atoms with Crippen molar-refractivity contribution in [3.63, 3.8) is 0 Å². The van der Waals surface area contributed by atoms with Crippen molar-refractivity contribution in [3.8, 4) is 11.5 Å². The normalized spacial score (nSPS) is 13.9. The Morgan fingerprint density at radius 3 is 2.35 bits per heavy atom. The van der Waals surface area contributed by atoms with Gasteiger partial charge in [-0.1, -0.05) is 18.5 Å². The predicted molar refractivity (Wildman–Crippen MR) is 81.8 cm³/mol. The number of rotatable bonds is 8. The van der Waals surface area contributed by atoms with E-state index in [1.165, 1.54) is 0 Å². The zero-order valence-corrected chi connectivity index (χ0v) is 13.1. The number of benzene rings is 1. The molecule has 0 saturated heterocycles. The second-order valence-electron chi connectivity index (χ2n) is 4.85. The SMILES string of the molecule is CCC(CC(CN)CO)c1cc(Cl)c(OC)cc1OC. The Kier molecular flexibility index (Phi) is 7.13. The molecule has 0 fully saturated rings. The van der Waals surface area contributed by atoms with E-state index in [4.69, 9.17) is 26.8 Å². The van der Waals surface area contributed by atoms with Gasteiger partial charge in [0.2, 0.25) is 0 Å². The minimum Gasteiger partial charge on any atom is -0.496 e. The van der Waals surface area contributed by atoms with E-state index in [1.54, 1.807) is 20.3 Å². The van der Waals surface area contributed by atoms with E-state index in [0.717, 1.165) is 24.2 Å². The van der Waals surface area contributed by atoms with E-state index in [2.05, 4.69) is 6.92 Å². The molecule has 5 heteroatoms.